The van der Waals surface area contributed by atoms with Crippen LogP contribution >= 0.6 is 0 Å². The van der Waals surface area contributed by atoms with E-state index in [0.717, 1.165) is 12.1 Å². The van der Waals surface area contributed by atoms with Crippen molar-refractivity contribution < 1.29 is 37.3 Å². The van der Waals surface area contributed by atoms with Gasteiger partial charge in [-0.15, -0.1) is 0 Å². The van der Waals surface area contributed by atoms with E-state index in [-0.39, 0.29) is 29.4 Å². The molecule has 2 aromatic rings. The molecule has 0 saturated carbocycles. The molecule has 0 unspecified atom stereocenters. The molecule has 0 aromatic heterocycles. The van der Waals surface area contributed by atoms with Crippen LogP contribution in [0.15, 0.2) is 36.4 Å². The largest absolute Gasteiger partial charge is 0.493 e. The zero-order chi connectivity index (χ0) is 18.6. The average Bonchev–Trinajstić information content (AvgIpc) is 2.58. The average molecular weight is 356 g/mol. The Morgan fingerprint density at radius 1 is 1.04 bits per heavy atom. The summed E-state index contributed by atoms with van der Waals surface area (Å²) in [6, 6.07) is 7.06. The number of carboxylic acid groups (broad SMARTS) is 1. The highest BCUT2D eigenvalue weighted by atomic mass is 19.4. The highest BCUT2D eigenvalue weighted by molar-refractivity contribution is 5.89. The molecular formula is C17H15F3O5. The van der Waals surface area contributed by atoms with Crippen molar-refractivity contribution in [2.75, 3.05) is 14.2 Å². The van der Waals surface area contributed by atoms with Crippen molar-refractivity contribution in [3.63, 3.8) is 0 Å². The maximum absolute atomic E-state index is 12.6. The van der Waals surface area contributed by atoms with Crippen molar-refractivity contribution in [3.05, 3.63) is 53.1 Å². The summed E-state index contributed by atoms with van der Waals surface area (Å²) in [7, 11) is 2.68. The molecule has 2 rings (SSSR count). The van der Waals surface area contributed by atoms with Crippen LogP contribution in [0.2, 0.25) is 0 Å². The van der Waals surface area contributed by atoms with Crippen LogP contribution in [0.25, 0.3) is 0 Å². The summed E-state index contributed by atoms with van der Waals surface area (Å²) in [5, 5.41) is 9.07. The lowest BCUT2D eigenvalue weighted by Crippen LogP contribution is -2.06. The monoisotopic (exact) mass is 356 g/mol. The number of benzene rings is 2. The topological polar surface area (TPSA) is 65.0 Å². The number of carbonyl (C=O) groups is 1. The van der Waals surface area contributed by atoms with Gasteiger partial charge in [0.15, 0.2) is 11.5 Å². The van der Waals surface area contributed by atoms with Gasteiger partial charge >= 0.3 is 12.1 Å². The highest BCUT2D eigenvalue weighted by Crippen LogP contribution is 2.39. The smallest absolute Gasteiger partial charge is 0.416 e. The number of hydrogen-bond donors (Lipinski definition) is 1. The first-order valence-corrected chi connectivity index (χ1v) is 7.04. The van der Waals surface area contributed by atoms with Gasteiger partial charge in [-0.2, -0.15) is 13.2 Å². The second-order valence-corrected chi connectivity index (χ2v) is 5.00. The normalized spacial score (nSPS) is 11.1. The Balaban J connectivity index is 2.23. The number of methoxy groups -OCH3 is 2. The lowest BCUT2D eigenvalue weighted by Gasteiger charge is -2.15. The van der Waals surface area contributed by atoms with Gasteiger partial charge in [0.25, 0.3) is 0 Å². The number of rotatable bonds is 6. The minimum atomic E-state index is -4.40. The van der Waals surface area contributed by atoms with E-state index in [1.807, 2.05) is 0 Å². The van der Waals surface area contributed by atoms with Gasteiger partial charge in [0.1, 0.15) is 6.61 Å². The summed E-state index contributed by atoms with van der Waals surface area (Å²) in [5.41, 5.74) is -0.299. The predicted molar refractivity (Wildman–Crippen MR) is 82.3 cm³/mol. The molecule has 8 heteroatoms. The third kappa shape index (κ3) is 4.34. The third-order valence-corrected chi connectivity index (χ3v) is 3.37. The van der Waals surface area contributed by atoms with Gasteiger partial charge in [-0.3, -0.25) is 0 Å². The molecule has 0 heterocycles. The fourth-order valence-electron chi connectivity index (χ4n) is 2.09. The third-order valence-electron chi connectivity index (χ3n) is 3.37. The number of hydrogen-bond acceptors (Lipinski definition) is 4. The molecule has 1 N–H and O–H groups in total. The summed E-state index contributed by atoms with van der Waals surface area (Å²) < 4.78 is 53.5. The van der Waals surface area contributed by atoms with Gasteiger partial charge in [0, 0.05) is 0 Å². The second-order valence-electron chi connectivity index (χ2n) is 5.00. The molecule has 2 aromatic carbocycles. The summed E-state index contributed by atoms with van der Waals surface area (Å²) in [5.74, 6) is -0.715. The van der Waals surface area contributed by atoms with E-state index in [0.29, 0.717) is 5.56 Å². The Labute approximate surface area is 141 Å². The SMILES string of the molecule is COc1cc(C(=O)O)cc(OC)c1OCc1ccc(C(F)(F)F)cc1. The molecular weight excluding hydrogens is 341 g/mol. The zero-order valence-corrected chi connectivity index (χ0v) is 13.4. The second kappa shape index (κ2) is 7.33. The first-order valence-electron chi connectivity index (χ1n) is 7.04. The van der Waals surface area contributed by atoms with Gasteiger partial charge in [0.2, 0.25) is 5.75 Å². The number of alkyl halides is 3. The minimum absolute atomic E-state index is 0.0444. The van der Waals surface area contributed by atoms with E-state index >= 15 is 0 Å². The van der Waals surface area contributed by atoms with Gasteiger partial charge < -0.3 is 19.3 Å². The van der Waals surface area contributed by atoms with Gasteiger partial charge in [0.05, 0.1) is 25.3 Å². The standard InChI is InChI=1S/C17H15F3O5/c1-23-13-7-11(16(21)22)8-14(24-2)15(13)25-9-10-3-5-12(6-4-10)17(18,19)20/h3-8H,9H2,1-2H3,(H,21,22). The van der Waals surface area contributed by atoms with Gasteiger partial charge in [-0.05, 0) is 29.8 Å². The molecule has 0 aliphatic heterocycles. The van der Waals surface area contributed by atoms with E-state index in [1.54, 1.807) is 0 Å². The summed E-state index contributed by atoms with van der Waals surface area (Å²) in [6.45, 7) is -0.0444. The lowest BCUT2D eigenvalue weighted by atomic mass is 10.1. The minimum Gasteiger partial charge on any atom is -0.493 e. The fraction of sp³-hybridized carbons (Fsp3) is 0.235. The first kappa shape index (κ1) is 18.4. The Morgan fingerprint density at radius 2 is 1.56 bits per heavy atom. The van der Waals surface area contributed by atoms with Crippen molar-refractivity contribution >= 4 is 5.97 Å². The molecule has 5 nitrogen and oxygen atoms in total. The molecule has 0 spiro atoms. The fourth-order valence-corrected chi connectivity index (χ4v) is 2.09. The Kier molecular flexibility index (Phi) is 5.41. The molecule has 0 saturated heterocycles. The summed E-state index contributed by atoms with van der Waals surface area (Å²) in [4.78, 5) is 11.1. The van der Waals surface area contributed by atoms with Crippen LogP contribution in [0.4, 0.5) is 13.2 Å². The van der Waals surface area contributed by atoms with Crippen LogP contribution < -0.4 is 14.2 Å². The zero-order valence-electron chi connectivity index (χ0n) is 13.4. The Hall–Kier alpha value is -2.90. The van der Waals surface area contributed by atoms with Gasteiger partial charge in [-0.25, -0.2) is 4.79 Å². The maximum Gasteiger partial charge on any atom is 0.416 e. The molecule has 0 fully saturated rings. The molecule has 0 aliphatic carbocycles. The van der Waals surface area contributed by atoms with E-state index in [9.17, 15) is 18.0 Å². The molecule has 0 amide bonds. The predicted octanol–water partition coefficient (Wildman–Crippen LogP) is 4.00. The van der Waals surface area contributed by atoms with Crippen LogP contribution in [0.3, 0.4) is 0 Å². The molecule has 134 valence electrons. The van der Waals surface area contributed by atoms with Crippen molar-refractivity contribution in [1.82, 2.24) is 0 Å². The van der Waals surface area contributed by atoms with Crippen LogP contribution in [0.1, 0.15) is 21.5 Å². The van der Waals surface area contributed by atoms with Crippen LogP contribution in [0, 0.1) is 0 Å². The number of halogens is 3. The van der Waals surface area contributed by atoms with E-state index in [4.69, 9.17) is 19.3 Å². The van der Waals surface area contributed by atoms with Crippen LogP contribution in [0.5, 0.6) is 17.2 Å². The number of aromatic carboxylic acids is 1. The molecule has 0 aliphatic rings. The number of carboxylic acids is 1. The van der Waals surface area contributed by atoms with Crippen molar-refractivity contribution in [2.24, 2.45) is 0 Å². The van der Waals surface area contributed by atoms with E-state index in [2.05, 4.69) is 0 Å². The molecule has 0 bridgehead atoms. The summed E-state index contributed by atoms with van der Waals surface area (Å²) >= 11 is 0. The van der Waals surface area contributed by atoms with Crippen molar-refractivity contribution in [3.8, 4) is 17.2 Å². The Bertz CT molecular complexity index is 729. The van der Waals surface area contributed by atoms with E-state index < -0.39 is 17.7 Å². The van der Waals surface area contributed by atoms with Crippen molar-refractivity contribution in [1.29, 1.82) is 0 Å². The number of ether oxygens (including phenoxy) is 3. The first-order chi connectivity index (χ1) is 11.8. The molecule has 0 radical (unpaired) electrons. The van der Waals surface area contributed by atoms with E-state index in [1.165, 1.54) is 38.5 Å². The van der Waals surface area contributed by atoms with Crippen molar-refractivity contribution in [2.45, 2.75) is 12.8 Å². The van der Waals surface area contributed by atoms with Gasteiger partial charge in [-0.1, -0.05) is 12.1 Å². The van der Waals surface area contributed by atoms with Crippen LogP contribution in [-0.4, -0.2) is 25.3 Å². The Morgan fingerprint density at radius 3 is 1.96 bits per heavy atom. The molecule has 25 heavy (non-hydrogen) atoms. The highest BCUT2D eigenvalue weighted by Gasteiger charge is 2.30. The quantitative estimate of drug-likeness (QED) is 0.848. The lowest BCUT2D eigenvalue weighted by molar-refractivity contribution is -0.137. The maximum atomic E-state index is 12.6. The van der Waals surface area contributed by atoms with Crippen LogP contribution in [-0.2, 0) is 12.8 Å². The molecule has 0 atom stereocenters. The summed E-state index contributed by atoms with van der Waals surface area (Å²) in [6.07, 6.45) is -4.40.